The summed E-state index contributed by atoms with van der Waals surface area (Å²) in [5.74, 6) is -1.32. The third-order valence-corrected chi connectivity index (χ3v) is 1.15. The van der Waals surface area contributed by atoms with E-state index in [0.29, 0.717) is 13.0 Å². The third kappa shape index (κ3) is 5.20. The molecule has 4 nitrogen and oxygen atoms in total. The summed E-state index contributed by atoms with van der Waals surface area (Å²) in [4.78, 5) is 10.2. The molecule has 5 heteroatoms. The fourth-order valence-corrected chi connectivity index (χ4v) is 0.543. The monoisotopic (exact) mass is 156 g/mol. The topological polar surface area (TPSA) is 89.3 Å². The third-order valence-electron chi connectivity index (χ3n) is 1.15. The Kier molecular flexibility index (Phi) is 9.76. The van der Waals surface area contributed by atoms with Gasteiger partial charge in [-0.25, -0.2) is 0 Å². The molecule has 0 aliphatic rings. The van der Waals surface area contributed by atoms with Crippen LogP contribution in [-0.4, -0.2) is 53.7 Å². The second-order valence-corrected chi connectivity index (χ2v) is 1.85. The second kappa shape index (κ2) is 7.50. The van der Waals surface area contributed by atoms with Crippen molar-refractivity contribution in [1.29, 1.82) is 0 Å². The Bertz CT molecular complexity index is 99.6. The number of aliphatic carboxylic acids is 1. The fourth-order valence-electron chi connectivity index (χ4n) is 0.543. The first-order valence-electron chi connectivity index (χ1n) is 2.85. The van der Waals surface area contributed by atoms with Gasteiger partial charge in [-0.2, -0.15) is 0 Å². The molecule has 1 unspecified atom stereocenters. The second-order valence-electron chi connectivity index (χ2n) is 1.85. The summed E-state index contributed by atoms with van der Waals surface area (Å²) in [7, 11) is 0. The van der Waals surface area contributed by atoms with Gasteiger partial charge in [-0.3, -0.25) is 4.79 Å². The van der Waals surface area contributed by atoms with Gasteiger partial charge in [0.2, 0.25) is 0 Å². The Morgan fingerprint density at radius 2 is 2.00 bits per heavy atom. The molecule has 0 radical (unpaired) electrons. The standard InChI is InChI=1S/C5H12N2O2.Na.H/c6-2-1-4(3-7)5(8)9;;/h4H,1-3,6-7H2,(H,8,9);;. The van der Waals surface area contributed by atoms with E-state index in [1.165, 1.54) is 0 Å². The summed E-state index contributed by atoms with van der Waals surface area (Å²) in [6, 6.07) is 0. The van der Waals surface area contributed by atoms with Crippen molar-refractivity contribution in [2.24, 2.45) is 17.4 Å². The summed E-state index contributed by atoms with van der Waals surface area (Å²) >= 11 is 0. The van der Waals surface area contributed by atoms with Crippen LogP contribution in [0.4, 0.5) is 0 Å². The SMILES string of the molecule is NCCC(CN)C(=O)O.[NaH]. The van der Waals surface area contributed by atoms with Crippen molar-refractivity contribution < 1.29 is 9.90 Å². The average Bonchev–Trinajstić information content (AvgIpc) is 1.82. The van der Waals surface area contributed by atoms with Gasteiger partial charge in [0.05, 0.1) is 5.92 Å². The number of hydrogen-bond donors (Lipinski definition) is 3. The summed E-state index contributed by atoms with van der Waals surface area (Å²) < 4.78 is 0. The van der Waals surface area contributed by atoms with E-state index in [1.807, 2.05) is 0 Å². The molecule has 0 aromatic rings. The van der Waals surface area contributed by atoms with Gasteiger partial charge in [-0.05, 0) is 13.0 Å². The van der Waals surface area contributed by atoms with Crippen LogP contribution in [0.25, 0.3) is 0 Å². The van der Waals surface area contributed by atoms with E-state index in [2.05, 4.69) is 0 Å². The molecule has 56 valence electrons. The predicted octanol–water partition coefficient (Wildman–Crippen LogP) is -1.65. The van der Waals surface area contributed by atoms with Crippen LogP contribution >= 0.6 is 0 Å². The number of carbonyl (C=O) groups is 1. The molecule has 0 bridgehead atoms. The average molecular weight is 156 g/mol. The minimum atomic E-state index is -0.858. The van der Waals surface area contributed by atoms with E-state index in [-0.39, 0.29) is 36.1 Å². The van der Waals surface area contributed by atoms with Gasteiger partial charge in [0, 0.05) is 6.54 Å². The maximum atomic E-state index is 10.2. The first-order valence-corrected chi connectivity index (χ1v) is 2.85. The van der Waals surface area contributed by atoms with Gasteiger partial charge >= 0.3 is 35.5 Å². The number of carboxylic acids is 1. The first kappa shape index (κ1) is 13.0. The Morgan fingerprint density at radius 3 is 2.10 bits per heavy atom. The van der Waals surface area contributed by atoms with Gasteiger partial charge in [0.1, 0.15) is 0 Å². The number of nitrogens with two attached hydrogens (primary N) is 2. The molecule has 0 aliphatic heterocycles. The van der Waals surface area contributed by atoms with Crippen LogP contribution in [-0.2, 0) is 4.79 Å². The summed E-state index contributed by atoms with van der Waals surface area (Å²) in [6.07, 6.45) is 0.464. The van der Waals surface area contributed by atoms with Crippen molar-refractivity contribution in [2.45, 2.75) is 6.42 Å². The molecule has 0 saturated carbocycles. The van der Waals surface area contributed by atoms with E-state index in [4.69, 9.17) is 16.6 Å². The normalized spacial score (nSPS) is 11.8. The van der Waals surface area contributed by atoms with E-state index in [0.717, 1.165) is 0 Å². The van der Waals surface area contributed by atoms with Crippen LogP contribution in [0, 0.1) is 5.92 Å². The van der Waals surface area contributed by atoms with E-state index in [1.54, 1.807) is 0 Å². The summed E-state index contributed by atoms with van der Waals surface area (Å²) in [5.41, 5.74) is 10.2. The van der Waals surface area contributed by atoms with Crippen molar-refractivity contribution >= 4 is 35.5 Å². The van der Waals surface area contributed by atoms with Crippen LogP contribution in [0.5, 0.6) is 0 Å². The Hall–Kier alpha value is 0.390. The number of hydrogen-bond acceptors (Lipinski definition) is 3. The molecule has 5 N–H and O–H groups in total. The molecular formula is C5H13N2NaO2. The van der Waals surface area contributed by atoms with Gasteiger partial charge in [-0.1, -0.05) is 0 Å². The van der Waals surface area contributed by atoms with Crippen molar-refractivity contribution in [3.8, 4) is 0 Å². The van der Waals surface area contributed by atoms with Crippen LogP contribution in [0.15, 0.2) is 0 Å². The molecule has 0 rings (SSSR count). The molecule has 10 heavy (non-hydrogen) atoms. The van der Waals surface area contributed by atoms with Crippen LogP contribution in [0.2, 0.25) is 0 Å². The van der Waals surface area contributed by atoms with E-state index in [9.17, 15) is 4.79 Å². The number of rotatable bonds is 4. The number of carboxylic acid groups (broad SMARTS) is 1. The summed E-state index contributed by atoms with van der Waals surface area (Å²) in [6.45, 7) is 0.556. The molecule has 0 aromatic heterocycles. The molecule has 0 heterocycles. The first-order chi connectivity index (χ1) is 4.22. The Balaban J connectivity index is 0. The van der Waals surface area contributed by atoms with Gasteiger partial charge < -0.3 is 16.6 Å². The zero-order valence-electron chi connectivity index (χ0n) is 5.21. The zero-order chi connectivity index (χ0) is 7.28. The van der Waals surface area contributed by atoms with Crippen LogP contribution in [0.1, 0.15) is 6.42 Å². The molecule has 0 spiro atoms. The van der Waals surface area contributed by atoms with Crippen molar-refractivity contribution in [2.75, 3.05) is 13.1 Å². The van der Waals surface area contributed by atoms with E-state index < -0.39 is 11.9 Å². The molecule has 0 saturated heterocycles. The van der Waals surface area contributed by atoms with E-state index >= 15 is 0 Å². The molecule has 0 fully saturated rings. The quantitative estimate of drug-likeness (QED) is 0.425. The molecule has 1 atom stereocenters. The van der Waals surface area contributed by atoms with Crippen LogP contribution in [0.3, 0.4) is 0 Å². The van der Waals surface area contributed by atoms with Gasteiger partial charge in [0.15, 0.2) is 0 Å². The predicted molar refractivity (Wildman–Crippen MR) is 41.0 cm³/mol. The maximum absolute atomic E-state index is 10.2. The molecular weight excluding hydrogens is 143 g/mol. The Morgan fingerprint density at radius 1 is 1.50 bits per heavy atom. The minimum absolute atomic E-state index is 0. The Labute approximate surface area is 82.2 Å². The van der Waals surface area contributed by atoms with Crippen molar-refractivity contribution in [3.63, 3.8) is 0 Å². The fraction of sp³-hybridized carbons (Fsp3) is 0.800. The zero-order valence-corrected chi connectivity index (χ0v) is 5.21. The van der Waals surface area contributed by atoms with Crippen molar-refractivity contribution in [3.05, 3.63) is 0 Å². The molecule has 0 amide bonds. The van der Waals surface area contributed by atoms with Gasteiger partial charge in [-0.15, -0.1) is 0 Å². The van der Waals surface area contributed by atoms with Gasteiger partial charge in [0.25, 0.3) is 0 Å². The molecule has 0 aliphatic carbocycles. The summed E-state index contributed by atoms with van der Waals surface area (Å²) in [5, 5.41) is 8.37. The van der Waals surface area contributed by atoms with Crippen molar-refractivity contribution in [1.82, 2.24) is 0 Å². The van der Waals surface area contributed by atoms with Crippen LogP contribution < -0.4 is 11.5 Å². The molecule has 0 aromatic carbocycles.